The minimum absolute atomic E-state index is 0.532. The predicted molar refractivity (Wildman–Crippen MR) is 63.8 cm³/mol. The molecule has 0 radical (unpaired) electrons. The molecule has 0 aliphatic rings. The van der Waals surface area contributed by atoms with Gasteiger partial charge in [-0.3, -0.25) is 0 Å². The van der Waals surface area contributed by atoms with Gasteiger partial charge in [0.15, 0.2) is 0 Å². The van der Waals surface area contributed by atoms with Crippen molar-refractivity contribution in [1.29, 1.82) is 0 Å². The zero-order chi connectivity index (χ0) is 10.5. The molecular weight excluding hydrogens is 156 g/mol. The fraction of sp³-hybridized carbons (Fsp3) is 0.385. The Morgan fingerprint density at radius 3 is 1.92 bits per heavy atom. The minimum Gasteiger partial charge on any atom is -0.103 e. The van der Waals surface area contributed by atoms with Gasteiger partial charge in [-0.05, 0) is 26.2 Å². The van der Waals surface area contributed by atoms with Gasteiger partial charge in [0.1, 0.15) is 0 Å². The van der Waals surface area contributed by atoms with Gasteiger partial charge >= 0.3 is 0 Å². The van der Waals surface area contributed by atoms with Gasteiger partial charge in [0.25, 0.3) is 0 Å². The van der Waals surface area contributed by atoms with Crippen molar-refractivity contribution in [3.63, 3.8) is 0 Å². The molecule has 0 bridgehead atoms. The van der Waals surface area contributed by atoms with Crippen molar-refractivity contribution in [2.45, 2.75) is 27.2 Å². The van der Waals surface area contributed by atoms with Gasteiger partial charge in [-0.2, -0.15) is 0 Å². The van der Waals surface area contributed by atoms with E-state index in [0.29, 0.717) is 5.92 Å². The first kappa shape index (κ1) is 14.5. The largest absolute Gasteiger partial charge is 0.103 e. The van der Waals surface area contributed by atoms with Crippen molar-refractivity contribution in [1.82, 2.24) is 0 Å². The molecule has 0 heterocycles. The van der Waals surface area contributed by atoms with Gasteiger partial charge in [0.05, 0.1) is 0 Å². The smallest absolute Gasteiger partial charge is 0.00847 e. The Morgan fingerprint density at radius 1 is 1.15 bits per heavy atom. The van der Waals surface area contributed by atoms with Crippen LogP contribution in [0.5, 0.6) is 0 Å². The van der Waals surface area contributed by atoms with Gasteiger partial charge in [-0.15, -0.1) is 13.2 Å². The zero-order valence-corrected chi connectivity index (χ0v) is 9.16. The summed E-state index contributed by atoms with van der Waals surface area (Å²) in [4.78, 5) is 0. The van der Waals surface area contributed by atoms with Crippen molar-refractivity contribution < 1.29 is 0 Å². The molecule has 0 amide bonds. The molecule has 0 fully saturated rings. The Hall–Kier alpha value is -1.04. The molecule has 74 valence electrons. The topological polar surface area (TPSA) is 0 Å². The first-order valence-corrected chi connectivity index (χ1v) is 4.70. The van der Waals surface area contributed by atoms with Crippen LogP contribution < -0.4 is 0 Å². The van der Waals surface area contributed by atoms with Crippen LogP contribution in [0.25, 0.3) is 0 Å². The van der Waals surface area contributed by atoms with E-state index in [2.05, 4.69) is 32.2 Å². The summed E-state index contributed by atoms with van der Waals surface area (Å²) in [5.41, 5.74) is 0. The van der Waals surface area contributed by atoms with Crippen molar-refractivity contribution in [3.8, 4) is 0 Å². The van der Waals surface area contributed by atoms with Crippen LogP contribution in [0.2, 0.25) is 0 Å². The fourth-order valence-corrected chi connectivity index (χ4v) is 0.614. The van der Waals surface area contributed by atoms with Gasteiger partial charge in [0, 0.05) is 0 Å². The van der Waals surface area contributed by atoms with Gasteiger partial charge in [-0.25, -0.2) is 0 Å². The van der Waals surface area contributed by atoms with E-state index >= 15 is 0 Å². The molecule has 1 atom stereocenters. The van der Waals surface area contributed by atoms with Crippen LogP contribution in [0.3, 0.4) is 0 Å². The third-order valence-corrected chi connectivity index (χ3v) is 1.41. The lowest BCUT2D eigenvalue weighted by atomic mass is 10.2. The molecule has 0 aromatic heterocycles. The third-order valence-electron chi connectivity index (χ3n) is 1.41. The Balaban J connectivity index is 0. The number of hydrogen-bond donors (Lipinski definition) is 0. The summed E-state index contributed by atoms with van der Waals surface area (Å²) < 4.78 is 0. The lowest BCUT2D eigenvalue weighted by Crippen LogP contribution is -1.76. The number of allylic oxidation sites excluding steroid dienone is 6. The molecule has 13 heavy (non-hydrogen) atoms. The molecule has 0 rings (SSSR count). The molecule has 0 saturated carbocycles. The summed E-state index contributed by atoms with van der Waals surface area (Å²) in [6.45, 7) is 13.3. The Morgan fingerprint density at radius 2 is 1.77 bits per heavy atom. The lowest BCUT2D eigenvalue weighted by Gasteiger charge is -1.90. The molecule has 0 saturated heterocycles. The number of rotatable bonds is 4. The van der Waals surface area contributed by atoms with Crippen LogP contribution in [-0.2, 0) is 0 Å². The van der Waals surface area contributed by atoms with E-state index in [-0.39, 0.29) is 0 Å². The van der Waals surface area contributed by atoms with E-state index in [4.69, 9.17) is 0 Å². The maximum absolute atomic E-state index is 3.63. The van der Waals surface area contributed by atoms with Gasteiger partial charge < -0.3 is 0 Å². The highest BCUT2D eigenvalue weighted by Gasteiger charge is 1.81. The van der Waals surface area contributed by atoms with Crippen LogP contribution in [-0.4, -0.2) is 0 Å². The Kier molecular flexibility index (Phi) is 15.1. The molecule has 0 nitrogen and oxygen atoms in total. The summed E-state index contributed by atoms with van der Waals surface area (Å²) >= 11 is 0. The van der Waals surface area contributed by atoms with Crippen molar-refractivity contribution >= 4 is 0 Å². The minimum atomic E-state index is 0.532. The molecule has 1 unspecified atom stereocenters. The van der Waals surface area contributed by atoms with E-state index in [0.717, 1.165) is 6.42 Å². The fourth-order valence-electron chi connectivity index (χ4n) is 0.614. The van der Waals surface area contributed by atoms with E-state index in [9.17, 15) is 0 Å². The molecular formula is C13H22. The second-order valence-electron chi connectivity index (χ2n) is 2.71. The first-order chi connectivity index (χ1) is 6.22. The predicted octanol–water partition coefficient (Wildman–Crippen LogP) is 4.52. The Labute approximate surface area is 83.4 Å². The van der Waals surface area contributed by atoms with Crippen LogP contribution in [0.15, 0.2) is 49.6 Å². The van der Waals surface area contributed by atoms with Crippen molar-refractivity contribution in [3.05, 3.63) is 49.6 Å². The quantitative estimate of drug-likeness (QED) is 0.555. The summed E-state index contributed by atoms with van der Waals surface area (Å²) in [6.07, 6.45) is 13.0. The normalized spacial score (nSPS) is 12.2. The second kappa shape index (κ2) is 13.5. The lowest BCUT2D eigenvalue weighted by molar-refractivity contribution is 0.941. The molecule has 0 aliphatic carbocycles. The SMILES string of the molecule is C=CC(C)C=CC.C=CCC=CC. The van der Waals surface area contributed by atoms with E-state index in [1.807, 2.05) is 38.2 Å². The molecule has 0 spiro atoms. The summed E-state index contributed by atoms with van der Waals surface area (Å²) in [6, 6.07) is 0. The van der Waals surface area contributed by atoms with E-state index in [1.165, 1.54) is 0 Å². The number of hydrogen-bond acceptors (Lipinski definition) is 0. The molecule has 0 aromatic carbocycles. The molecule has 0 N–H and O–H groups in total. The van der Waals surface area contributed by atoms with Crippen LogP contribution in [0.1, 0.15) is 27.2 Å². The van der Waals surface area contributed by atoms with Gasteiger partial charge in [0.2, 0.25) is 0 Å². The molecule has 0 aromatic rings. The standard InChI is InChI=1S/C7H12.C6H10/c1-4-6-7(3)5-2;1-3-5-6-4-2/h4-7H,2H2,1,3H3;3-4,6H,1,5H2,2H3. The molecule has 0 aliphatic heterocycles. The highest BCUT2D eigenvalue weighted by atomic mass is 13.9. The van der Waals surface area contributed by atoms with E-state index < -0.39 is 0 Å². The third kappa shape index (κ3) is 18.2. The summed E-state index contributed by atoms with van der Waals surface area (Å²) in [5.74, 6) is 0.532. The Bertz CT molecular complexity index is 161. The summed E-state index contributed by atoms with van der Waals surface area (Å²) in [7, 11) is 0. The molecule has 0 heteroatoms. The van der Waals surface area contributed by atoms with E-state index in [1.54, 1.807) is 0 Å². The van der Waals surface area contributed by atoms with Gasteiger partial charge in [-0.1, -0.05) is 43.4 Å². The van der Waals surface area contributed by atoms with Crippen LogP contribution >= 0.6 is 0 Å². The van der Waals surface area contributed by atoms with Crippen LogP contribution in [0, 0.1) is 5.92 Å². The highest BCUT2D eigenvalue weighted by Crippen LogP contribution is 1.95. The zero-order valence-electron chi connectivity index (χ0n) is 9.16. The maximum Gasteiger partial charge on any atom is -0.00847 e. The average molecular weight is 178 g/mol. The highest BCUT2D eigenvalue weighted by molar-refractivity contribution is 4.92. The second-order valence-corrected chi connectivity index (χ2v) is 2.71. The van der Waals surface area contributed by atoms with Crippen molar-refractivity contribution in [2.24, 2.45) is 5.92 Å². The average Bonchev–Trinajstić information content (AvgIpc) is 2.16. The summed E-state index contributed by atoms with van der Waals surface area (Å²) in [5, 5.41) is 0. The monoisotopic (exact) mass is 178 g/mol. The maximum atomic E-state index is 3.63. The van der Waals surface area contributed by atoms with Crippen LogP contribution in [0.4, 0.5) is 0 Å². The van der Waals surface area contributed by atoms with Crippen molar-refractivity contribution in [2.75, 3.05) is 0 Å². The first-order valence-electron chi connectivity index (χ1n) is 4.70.